The van der Waals surface area contributed by atoms with E-state index < -0.39 is 0 Å². The van der Waals surface area contributed by atoms with Gasteiger partial charge in [0.2, 0.25) is 0 Å². The molecule has 0 spiro atoms. The van der Waals surface area contributed by atoms with Gasteiger partial charge in [0.1, 0.15) is 0 Å². The molecule has 4 rings (SSSR count). The van der Waals surface area contributed by atoms with E-state index >= 15 is 0 Å². The van der Waals surface area contributed by atoms with Crippen LogP contribution in [0, 0.1) is 0 Å². The lowest BCUT2D eigenvalue weighted by molar-refractivity contribution is 1.74. The van der Waals surface area contributed by atoms with Gasteiger partial charge in [0.25, 0.3) is 0 Å². The summed E-state index contributed by atoms with van der Waals surface area (Å²) in [4.78, 5) is 0. The second-order valence-electron chi connectivity index (χ2n) is 6.10. The second-order valence-corrected chi connectivity index (χ2v) is 6.10. The largest absolute Gasteiger partial charge is 0.398 e. The Bertz CT molecular complexity index is 1160. The van der Waals surface area contributed by atoms with Crippen LogP contribution in [0.4, 0.5) is 5.69 Å². The number of rotatable bonds is 3. The van der Waals surface area contributed by atoms with Crippen molar-refractivity contribution in [2.45, 2.75) is 0 Å². The SMILES string of the molecule is C=C/C=C\C=C/c1cc2c3ccccc3c(N)cc2c2ccccc12. The number of hydrogen-bond donors (Lipinski definition) is 1. The third-order valence-corrected chi connectivity index (χ3v) is 4.58. The molecule has 4 aromatic rings. The van der Waals surface area contributed by atoms with E-state index in [1.807, 2.05) is 18.2 Å². The van der Waals surface area contributed by atoms with Gasteiger partial charge in [-0.15, -0.1) is 0 Å². The summed E-state index contributed by atoms with van der Waals surface area (Å²) in [5.74, 6) is 0. The van der Waals surface area contributed by atoms with Crippen molar-refractivity contribution in [1.82, 2.24) is 0 Å². The zero-order valence-corrected chi connectivity index (χ0v) is 13.9. The second kappa shape index (κ2) is 6.29. The van der Waals surface area contributed by atoms with Crippen molar-refractivity contribution in [2.24, 2.45) is 0 Å². The van der Waals surface area contributed by atoms with E-state index in [1.54, 1.807) is 6.08 Å². The molecule has 0 saturated carbocycles. The summed E-state index contributed by atoms with van der Waals surface area (Å²) in [5, 5.41) is 7.19. The normalized spacial score (nSPS) is 12.0. The first kappa shape index (κ1) is 15.2. The van der Waals surface area contributed by atoms with Crippen molar-refractivity contribution in [3.8, 4) is 0 Å². The topological polar surface area (TPSA) is 26.0 Å². The number of nitrogens with two attached hydrogens (primary N) is 1. The van der Waals surface area contributed by atoms with Crippen molar-refractivity contribution in [2.75, 3.05) is 5.73 Å². The van der Waals surface area contributed by atoms with Gasteiger partial charge in [-0.3, -0.25) is 0 Å². The van der Waals surface area contributed by atoms with Gasteiger partial charge in [-0.1, -0.05) is 85.5 Å². The summed E-state index contributed by atoms with van der Waals surface area (Å²) in [6.07, 6.45) is 9.89. The molecule has 0 atom stereocenters. The van der Waals surface area contributed by atoms with Crippen LogP contribution < -0.4 is 5.73 Å². The summed E-state index contributed by atoms with van der Waals surface area (Å²) in [7, 11) is 0. The van der Waals surface area contributed by atoms with E-state index in [-0.39, 0.29) is 0 Å². The van der Waals surface area contributed by atoms with Crippen LogP contribution in [0.2, 0.25) is 0 Å². The molecule has 0 aliphatic carbocycles. The average Bonchev–Trinajstić information content (AvgIpc) is 2.66. The smallest absolute Gasteiger partial charge is 0.0400 e. The fourth-order valence-corrected chi connectivity index (χ4v) is 3.45. The van der Waals surface area contributed by atoms with Gasteiger partial charge in [-0.2, -0.15) is 0 Å². The van der Waals surface area contributed by atoms with Crippen LogP contribution >= 0.6 is 0 Å². The van der Waals surface area contributed by atoms with E-state index in [0.717, 1.165) is 11.1 Å². The molecular formula is C24H19N. The van der Waals surface area contributed by atoms with Crippen LogP contribution in [0.15, 0.2) is 91.5 Å². The molecule has 0 aliphatic rings. The minimum absolute atomic E-state index is 0.825. The molecule has 0 unspecified atom stereocenters. The average molecular weight is 321 g/mol. The highest BCUT2D eigenvalue weighted by molar-refractivity contribution is 6.21. The maximum atomic E-state index is 6.33. The fourth-order valence-electron chi connectivity index (χ4n) is 3.45. The molecule has 0 saturated heterocycles. The summed E-state index contributed by atoms with van der Waals surface area (Å²) in [5.41, 5.74) is 8.36. The lowest BCUT2D eigenvalue weighted by Gasteiger charge is -2.12. The molecule has 25 heavy (non-hydrogen) atoms. The lowest BCUT2D eigenvalue weighted by atomic mass is 9.93. The molecule has 2 N–H and O–H groups in total. The van der Waals surface area contributed by atoms with Crippen LogP contribution in [0.5, 0.6) is 0 Å². The first-order valence-electron chi connectivity index (χ1n) is 8.38. The van der Waals surface area contributed by atoms with Gasteiger partial charge in [0.15, 0.2) is 0 Å². The molecule has 0 aromatic heterocycles. The molecular weight excluding hydrogens is 302 g/mol. The molecule has 0 amide bonds. The third-order valence-electron chi connectivity index (χ3n) is 4.58. The highest BCUT2D eigenvalue weighted by Crippen LogP contribution is 2.36. The molecule has 0 aliphatic heterocycles. The van der Waals surface area contributed by atoms with Crippen molar-refractivity contribution in [3.63, 3.8) is 0 Å². The molecule has 1 heteroatoms. The number of nitrogen functional groups attached to an aromatic ring is 1. The Morgan fingerprint density at radius 1 is 0.640 bits per heavy atom. The van der Waals surface area contributed by atoms with Crippen LogP contribution in [0.3, 0.4) is 0 Å². The minimum atomic E-state index is 0.825. The monoisotopic (exact) mass is 321 g/mol. The van der Waals surface area contributed by atoms with E-state index in [4.69, 9.17) is 5.73 Å². The van der Waals surface area contributed by atoms with E-state index in [9.17, 15) is 0 Å². The number of allylic oxidation sites excluding steroid dienone is 4. The molecule has 4 aromatic carbocycles. The summed E-state index contributed by atoms with van der Waals surface area (Å²) >= 11 is 0. The molecule has 0 radical (unpaired) electrons. The van der Waals surface area contributed by atoms with Crippen LogP contribution in [-0.4, -0.2) is 0 Å². The van der Waals surface area contributed by atoms with Crippen molar-refractivity contribution < 1.29 is 0 Å². The molecule has 1 nitrogen and oxygen atoms in total. The Hall–Kier alpha value is -3.32. The number of fused-ring (bicyclic) bond motifs is 5. The van der Waals surface area contributed by atoms with Crippen LogP contribution in [0.1, 0.15) is 5.56 Å². The molecule has 0 heterocycles. The van der Waals surface area contributed by atoms with Gasteiger partial charge in [-0.25, -0.2) is 0 Å². The molecule has 0 fully saturated rings. The van der Waals surface area contributed by atoms with Gasteiger partial charge >= 0.3 is 0 Å². The van der Waals surface area contributed by atoms with E-state index in [0.29, 0.717) is 0 Å². The predicted octanol–water partition coefficient (Wildman–Crippen LogP) is 6.48. The Morgan fingerprint density at radius 3 is 1.96 bits per heavy atom. The summed E-state index contributed by atoms with van der Waals surface area (Å²) in [6.45, 7) is 3.71. The van der Waals surface area contributed by atoms with E-state index in [1.165, 1.54) is 32.5 Å². The number of benzene rings is 4. The van der Waals surface area contributed by atoms with Crippen molar-refractivity contribution >= 4 is 44.1 Å². The minimum Gasteiger partial charge on any atom is -0.398 e. The Labute approximate surface area is 147 Å². The van der Waals surface area contributed by atoms with E-state index in [2.05, 4.69) is 73.3 Å². The number of hydrogen-bond acceptors (Lipinski definition) is 1. The fraction of sp³-hybridized carbons (Fsp3) is 0. The zero-order valence-electron chi connectivity index (χ0n) is 13.9. The molecule has 120 valence electrons. The lowest BCUT2D eigenvalue weighted by Crippen LogP contribution is -1.90. The first-order valence-corrected chi connectivity index (χ1v) is 8.38. The van der Waals surface area contributed by atoms with Crippen LogP contribution in [0.25, 0.3) is 38.4 Å². The summed E-state index contributed by atoms with van der Waals surface area (Å²) < 4.78 is 0. The van der Waals surface area contributed by atoms with Gasteiger partial charge in [0.05, 0.1) is 0 Å². The maximum Gasteiger partial charge on any atom is 0.0400 e. The van der Waals surface area contributed by atoms with Gasteiger partial charge in [-0.05, 0) is 44.6 Å². The molecule has 0 bridgehead atoms. The quantitative estimate of drug-likeness (QED) is 0.261. The standard InChI is InChI=1S/C24H19N/c1-2-3-4-5-10-17-15-22-20-13-8-9-14-21(20)24(25)16-23(22)19-12-7-6-11-18(17)19/h2-16H,1,25H2/b4-3-,10-5-. The predicted molar refractivity (Wildman–Crippen MR) is 112 cm³/mol. The van der Waals surface area contributed by atoms with Crippen LogP contribution in [-0.2, 0) is 0 Å². The highest BCUT2D eigenvalue weighted by Gasteiger charge is 2.09. The number of anilines is 1. The Morgan fingerprint density at radius 2 is 1.24 bits per heavy atom. The highest BCUT2D eigenvalue weighted by atomic mass is 14.5. The Balaban J connectivity index is 2.13. The third kappa shape index (κ3) is 2.60. The Kier molecular flexibility index (Phi) is 3.83. The van der Waals surface area contributed by atoms with Crippen molar-refractivity contribution in [3.05, 3.63) is 97.1 Å². The first-order chi connectivity index (χ1) is 12.3. The van der Waals surface area contributed by atoms with Gasteiger partial charge in [0, 0.05) is 11.1 Å². The zero-order chi connectivity index (χ0) is 17.2. The maximum absolute atomic E-state index is 6.33. The van der Waals surface area contributed by atoms with Crippen molar-refractivity contribution in [1.29, 1.82) is 0 Å². The summed E-state index contributed by atoms with van der Waals surface area (Å²) in [6, 6.07) is 21.2. The van der Waals surface area contributed by atoms with Gasteiger partial charge < -0.3 is 5.73 Å².